The van der Waals surface area contributed by atoms with Gasteiger partial charge in [-0.3, -0.25) is 4.79 Å². The molecule has 1 rings (SSSR count). The van der Waals surface area contributed by atoms with Gasteiger partial charge in [0.05, 0.1) is 27.4 Å². The molecule has 0 unspecified atom stereocenters. The Bertz CT molecular complexity index is 403. The van der Waals surface area contributed by atoms with Crippen LogP contribution in [0.2, 0.25) is 0 Å². The van der Waals surface area contributed by atoms with Crippen LogP contribution < -0.4 is 14.2 Å². The molecule has 0 bridgehead atoms. The second-order valence-electron chi connectivity index (χ2n) is 3.77. The fraction of sp³-hybridized carbons (Fsp3) is 0.500. The van der Waals surface area contributed by atoms with Gasteiger partial charge in [-0.15, -0.1) is 0 Å². The predicted octanol–water partition coefficient (Wildman–Crippen LogP) is 2.43. The molecule has 0 aliphatic rings. The van der Waals surface area contributed by atoms with E-state index in [0.29, 0.717) is 43.3 Å². The van der Waals surface area contributed by atoms with Crippen LogP contribution in [0.3, 0.4) is 0 Å². The number of carbonyl (C=O) groups excluding carboxylic acids is 1. The highest BCUT2D eigenvalue weighted by molar-refractivity contribution is 5.69. The molecular weight excluding hydrogens is 248 g/mol. The number of methoxy groups -OCH3 is 2. The van der Waals surface area contributed by atoms with Gasteiger partial charge in [-0.2, -0.15) is 0 Å². The number of esters is 1. The van der Waals surface area contributed by atoms with Gasteiger partial charge in [-0.25, -0.2) is 0 Å². The van der Waals surface area contributed by atoms with Crippen molar-refractivity contribution in [1.82, 2.24) is 0 Å². The molecule has 1 aromatic carbocycles. The van der Waals surface area contributed by atoms with Crippen molar-refractivity contribution < 1.29 is 23.7 Å². The monoisotopic (exact) mass is 268 g/mol. The molecule has 0 saturated heterocycles. The van der Waals surface area contributed by atoms with Crippen LogP contribution in [-0.2, 0) is 9.53 Å². The summed E-state index contributed by atoms with van der Waals surface area (Å²) >= 11 is 0. The molecule has 1 aromatic rings. The average molecular weight is 268 g/mol. The Morgan fingerprint density at radius 3 is 2.58 bits per heavy atom. The summed E-state index contributed by atoms with van der Waals surface area (Å²) in [5.41, 5.74) is 0. The van der Waals surface area contributed by atoms with Gasteiger partial charge in [0, 0.05) is 12.5 Å². The lowest BCUT2D eigenvalue weighted by Crippen LogP contribution is -2.07. The Kier molecular flexibility index (Phi) is 6.57. The first-order valence-electron chi connectivity index (χ1n) is 6.21. The third-order valence-corrected chi connectivity index (χ3v) is 2.46. The van der Waals surface area contributed by atoms with Crippen LogP contribution in [0.5, 0.6) is 17.2 Å². The second kappa shape index (κ2) is 8.24. The number of benzene rings is 1. The van der Waals surface area contributed by atoms with E-state index in [2.05, 4.69) is 0 Å². The first kappa shape index (κ1) is 15.1. The van der Waals surface area contributed by atoms with Gasteiger partial charge in [0.1, 0.15) is 5.75 Å². The van der Waals surface area contributed by atoms with E-state index in [1.807, 2.05) is 0 Å². The van der Waals surface area contributed by atoms with Crippen LogP contribution in [0.15, 0.2) is 18.2 Å². The molecule has 0 heterocycles. The highest BCUT2D eigenvalue weighted by atomic mass is 16.5. The molecular formula is C14H20O5. The maximum absolute atomic E-state index is 11.2. The molecule has 0 radical (unpaired) electrons. The van der Waals surface area contributed by atoms with E-state index >= 15 is 0 Å². The summed E-state index contributed by atoms with van der Waals surface area (Å²) in [4.78, 5) is 11.2. The normalized spacial score (nSPS) is 9.84. The van der Waals surface area contributed by atoms with Crippen LogP contribution in [0.1, 0.15) is 19.8 Å². The first-order chi connectivity index (χ1) is 9.21. The molecule has 0 aliphatic heterocycles. The predicted molar refractivity (Wildman–Crippen MR) is 70.9 cm³/mol. The largest absolute Gasteiger partial charge is 0.497 e. The maximum atomic E-state index is 11.2. The van der Waals surface area contributed by atoms with E-state index in [9.17, 15) is 4.79 Å². The zero-order valence-corrected chi connectivity index (χ0v) is 11.6. The van der Waals surface area contributed by atoms with Crippen LogP contribution in [0, 0.1) is 0 Å². The van der Waals surface area contributed by atoms with Gasteiger partial charge in [-0.05, 0) is 25.5 Å². The van der Waals surface area contributed by atoms with Crippen LogP contribution in [-0.4, -0.2) is 33.4 Å². The van der Waals surface area contributed by atoms with Crippen molar-refractivity contribution in [2.75, 3.05) is 27.4 Å². The average Bonchev–Trinajstić information content (AvgIpc) is 2.43. The Balaban J connectivity index is 2.45. The van der Waals surface area contributed by atoms with E-state index in [1.54, 1.807) is 39.3 Å². The van der Waals surface area contributed by atoms with Crippen LogP contribution in [0.25, 0.3) is 0 Å². The molecule has 106 valence electrons. The van der Waals surface area contributed by atoms with Crippen molar-refractivity contribution >= 4 is 5.97 Å². The van der Waals surface area contributed by atoms with Gasteiger partial charge < -0.3 is 18.9 Å². The maximum Gasteiger partial charge on any atom is 0.305 e. The summed E-state index contributed by atoms with van der Waals surface area (Å²) in [6.45, 7) is 2.61. The van der Waals surface area contributed by atoms with Crippen molar-refractivity contribution in [2.24, 2.45) is 0 Å². The Hall–Kier alpha value is -1.91. The third-order valence-electron chi connectivity index (χ3n) is 2.46. The third kappa shape index (κ3) is 5.07. The topological polar surface area (TPSA) is 54.0 Å². The van der Waals surface area contributed by atoms with E-state index in [1.165, 1.54) is 0 Å². The van der Waals surface area contributed by atoms with Crippen molar-refractivity contribution in [3.05, 3.63) is 18.2 Å². The highest BCUT2D eigenvalue weighted by Crippen LogP contribution is 2.31. The van der Waals surface area contributed by atoms with Gasteiger partial charge in [-0.1, -0.05) is 0 Å². The summed E-state index contributed by atoms with van der Waals surface area (Å²) < 4.78 is 20.7. The number of ether oxygens (including phenoxy) is 4. The van der Waals surface area contributed by atoms with Gasteiger partial charge in [0.25, 0.3) is 0 Å². The van der Waals surface area contributed by atoms with E-state index < -0.39 is 0 Å². The number of hydrogen-bond acceptors (Lipinski definition) is 5. The molecule has 0 aromatic heterocycles. The second-order valence-corrected chi connectivity index (χ2v) is 3.77. The summed E-state index contributed by atoms with van der Waals surface area (Å²) in [7, 11) is 3.17. The molecule has 0 aliphatic carbocycles. The lowest BCUT2D eigenvalue weighted by atomic mass is 10.3. The highest BCUT2D eigenvalue weighted by Gasteiger charge is 2.07. The van der Waals surface area contributed by atoms with E-state index in [4.69, 9.17) is 18.9 Å². The van der Waals surface area contributed by atoms with Gasteiger partial charge in [0.15, 0.2) is 11.5 Å². The minimum Gasteiger partial charge on any atom is -0.497 e. The Labute approximate surface area is 113 Å². The number of hydrogen-bond donors (Lipinski definition) is 0. The molecule has 0 amide bonds. The minimum absolute atomic E-state index is 0.205. The molecule has 0 atom stereocenters. The molecule has 19 heavy (non-hydrogen) atoms. The van der Waals surface area contributed by atoms with Crippen LogP contribution >= 0.6 is 0 Å². The Morgan fingerprint density at radius 2 is 1.95 bits per heavy atom. The minimum atomic E-state index is -0.205. The summed E-state index contributed by atoms with van der Waals surface area (Å²) in [6, 6.07) is 5.33. The summed E-state index contributed by atoms with van der Waals surface area (Å²) in [5.74, 6) is 1.73. The summed E-state index contributed by atoms with van der Waals surface area (Å²) in [5, 5.41) is 0. The van der Waals surface area contributed by atoms with Crippen molar-refractivity contribution in [3.8, 4) is 17.2 Å². The van der Waals surface area contributed by atoms with E-state index in [0.717, 1.165) is 0 Å². The molecule has 0 fully saturated rings. The molecule has 0 saturated carbocycles. The van der Waals surface area contributed by atoms with Gasteiger partial charge >= 0.3 is 5.97 Å². The van der Waals surface area contributed by atoms with E-state index in [-0.39, 0.29) is 5.97 Å². The zero-order chi connectivity index (χ0) is 14.1. The fourth-order valence-electron chi connectivity index (χ4n) is 1.53. The Morgan fingerprint density at radius 1 is 1.16 bits per heavy atom. The fourth-order valence-corrected chi connectivity index (χ4v) is 1.53. The van der Waals surface area contributed by atoms with Crippen molar-refractivity contribution in [2.45, 2.75) is 19.8 Å². The van der Waals surface area contributed by atoms with Crippen LogP contribution in [0.4, 0.5) is 0 Å². The lowest BCUT2D eigenvalue weighted by molar-refractivity contribution is -0.143. The smallest absolute Gasteiger partial charge is 0.305 e. The lowest BCUT2D eigenvalue weighted by Gasteiger charge is -2.11. The number of carbonyl (C=O) groups is 1. The SMILES string of the molecule is CCOC(=O)CCCOc1cc(OC)ccc1OC. The number of rotatable bonds is 8. The molecule has 5 nitrogen and oxygen atoms in total. The van der Waals surface area contributed by atoms with Crippen molar-refractivity contribution in [3.63, 3.8) is 0 Å². The molecule has 0 N–H and O–H groups in total. The molecule has 0 spiro atoms. The molecule has 5 heteroatoms. The van der Waals surface area contributed by atoms with Gasteiger partial charge in [0.2, 0.25) is 0 Å². The van der Waals surface area contributed by atoms with Crippen molar-refractivity contribution in [1.29, 1.82) is 0 Å². The summed E-state index contributed by atoms with van der Waals surface area (Å²) in [6.07, 6.45) is 0.944. The standard InChI is InChI=1S/C14H20O5/c1-4-18-14(15)6-5-9-19-13-10-11(16-2)7-8-12(13)17-3/h7-8,10H,4-6,9H2,1-3H3. The quantitative estimate of drug-likeness (QED) is 0.535. The zero-order valence-electron chi connectivity index (χ0n) is 11.6. The first-order valence-corrected chi connectivity index (χ1v) is 6.21.